The molecule has 12 heavy (non-hydrogen) atoms. The summed E-state index contributed by atoms with van der Waals surface area (Å²) in [6, 6.07) is 0. The third-order valence-corrected chi connectivity index (χ3v) is 1.87. The number of halogens is 1. The number of H-pyrrole nitrogens is 1. The van der Waals surface area contributed by atoms with Gasteiger partial charge in [0.2, 0.25) is 0 Å². The van der Waals surface area contributed by atoms with Crippen LogP contribution >= 0.6 is 11.6 Å². The van der Waals surface area contributed by atoms with Gasteiger partial charge in [0.1, 0.15) is 5.52 Å². The molecule has 0 bridgehead atoms. The van der Waals surface area contributed by atoms with Crippen molar-refractivity contribution in [3.63, 3.8) is 0 Å². The average molecular weight is 184 g/mol. The van der Waals surface area contributed by atoms with Crippen molar-refractivity contribution in [2.24, 2.45) is 0 Å². The van der Waals surface area contributed by atoms with Gasteiger partial charge in [-0.15, -0.1) is 0 Å². The predicted molar refractivity (Wildman–Crippen MR) is 45.5 cm³/mol. The van der Waals surface area contributed by atoms with Gasteiger partial charge in [0.25, 0.3) is 0 Å². The highest BCUT2D eigenvalue weighted by molar-refractivity contribution is 6.31. The van der Waals surface area contributed by atoms with Gasteiger partial charge in [-0.05, 0) is 0 Å². The Kier molecular flexibility index (Phi) is 1.62. The van der Waals surface area contributed by atoms with Gasteiger partial charge >= 0.3 is 0 Å². The zero-order valence-electron chi connectivity index (χ0n) is 6.34. The Morgan fingerprint density at radius 2 is 2.33 bits per heavy atom. The summed E-state index contributed by atoms with van der Waals surface area (Å²) in [4.78, 5) is 3.93. The van der Waals surface area contributed by atoms with E-state index < -0.39 is 0 Å². The Hall–Kier alpha value is -1.29. The van der Waals surface area contributed by atoms with Crippen molar-refractivity contribution in [1.29, 1.82) is 0 Å². The molecular formula is C7H6ClN3O. The highest BCUT2D eigenvalue weighted by Crippen LogP contribution is 2.28. The largest absolute Gasteiger partial charge is 0.491 e. The van der Waals surface area contributed by atoms with E-state index in [1.54, 1.807) is 19.5 Å². The molecule has 2 rings (SSSR count). The normalized spacial score (nSPS) is 10.5. The second kappa shape index (κ2) is 2.64. The van der Waals surface area contributed by atoms with Crippen molar-refractivity contribution in [3.8, 4) is 5.75 Å². The maximum Gasteiger partial charge on any atom is 0.181 e. The number of aromatic amines is 1. The molecule has 0 aliphatic heterocycles. The van der Waals surface area contributed by atoms with E-state index >= 15 is 0 Å². The number of fused-ring (bicyclic) bond motifs is 1. The number of aromatic nitrogens is 3. The Morgan fingerprint density at radius 1 is 1.50 bits per heavy atom. The standard InChI is InChI=1S/C7H6ClN3O/c1-12-6-5-4(3-10-11-5)2-9-7(6)8/h2-3H,1H3,(H,10,11). The Labute approximate surface area is 73.5 Å². The maximum absolute atomic E-state index is 5.78. The minimum absolute atomic E-state index is 0.342. The van der Waals surface area contributed by atoms with Gasteiger partial charge < -0.3 is 4.74 Å². The second-order valence-corrected chi connectivity index (χ2v) is 2.64. The molecule has 4 nitrogen and oxygen atoms in total. The number of hydrogen-bond acceptors (Lipinski definition) is 3. The topological polar surface area (TPSA) is 50.8 Å². The van der Waals surface area contributed by atoms with Crippen molar-refractivity contribution in [3.05, 3.63) is 17.5 Å². The number of methoxy groups -OCH3 is 1. The Morgan fingerprint density at radius 3 is 3.08 bits per heavy atom. The van der Waals surface area contributed by atoms with Gasteiger partial charge in [0.15, 0.2) is 10.9 Å². The van der Waals surface area contributed by atoms with Crippen molar-refractivity contribution < 1.29 is 4.74 Å². The minimum atomic E-state index is 0.342. The molecule has 0 aliphatic rings. The van der Waals surface area contributed by atoms with Crippen LogP contribution in [-0.2, 0) is 0 Å². The van der Waals surface area contributed by atoms with E-state index in [2.05, 4.69) is 15.2 Å². The summed E-state index contributed by atoms with van der Waals surface area (Å²) in [5, 5.41) is 7.86. The molecule has 0 unspecified atom stereocenters. The van der Waals surface area contributed by atoms with Gasteiger partial charge in [-0.3, -0.25) is 5.10 Å². The molecule has 0 radical (unpaired) electrons. The smallest absolute Gasteiger partial charge is 0.181 e. The van der Waals surface area contributed by atoms with Crippen LogP contribution in [0.3, 0.4) is 0 Å². The van der Waals surface area contributed by atoms with Crippen LogP contribution in [0, 0.1) is 0 Å². The monoisotopic (exact) mass is 183 g/mol. The van der Waals surface area contributed by atoms with E-state index in [-0.39, 0.29) is 0 Å². The zero-order valence-corrected chi connectivity index (χ0v) is 7.09. The van der Waals surface area contributed by atoms with Crippen molar-refractivity contribution in [1.82, 2.24) is 15.2 Å². The lowest BCUT2D eigenvalue weighted by Gasteiger charge is -2.01. The van der Waals surface area contributed by atoms with Crippen LogP contribution in [0.5, 0.6) is 5.75 Å². The average Bonchev–Trinajstić information content (AvgIpc) is 2.52. The fraction of sp³-hybridized carbons (Fsp3) is 0.143. The third-order valence-electron chi connectivity index (χ3n) is 1.60. The highest BCUT2D eigenvalue weighted by atomic mass is 35.5. The SMILES string of the molecule is COc1c(Cl)ncc2cn[nH]c12. The molecule has 0 fully saturated rings. The molecule has 2 heterocycles. The number of nitrogens with zero attached hydrogens (tertiary/aromatic N) is 2. The number of hydrogen-bond donors (Lipinski definition) is 1. The fourth-order valence-electron chi connectivity index (χ4n) is 1.05. The van der Waals surface area contributed by atoms with E-state index in [4.69, 9.17) is 16.3 Å². The molecule has 0 atom stereocenters. The lowest BCUT2D eigenvalue weighted by molar-refractivity contribution is 0.417. The van der Waals surface area contributed by atoms with Crippen LogP contribution in [-0.4, -0.2) is 22.3 Å². The predicted octanol–water partition coefficient (Wildman–Crippen LogP) is 1.62. The van der Waals surface area contributed by atoms with E-state index in [1.807, 2.05) is 0 Å². The molecule has 2 aromatic rings. The molecule has 0 amide bonds. The molecule has 0 aromatic carbocycles. The van der Waals surface area contributed by atoms with Gasteiger partial charge in [0, 0.05) is 11.6 Å². The zero-order chi connectivity index (χ0) is 8.55. The molecule has 0 saturated carbocycles. The van der Waals surface area contributed by atoms with Gasteiger partial charge in [0.05, 0.1) is 13.3 Å². The van der Waals surface area contributed by atoms with Gasteiger partial charge in [-0.1, -0.05) is 11.6 Å². The molecule has 0 spiro atoms. The minimum Gasteiger partial charge on any atom is -0.491 e. The lowest BCUT2D eigenvalue weighted by Crippen LogP contribution is -1.87. The molecule has 62 valence electrons. The summed E-state index contributed by atoms with van der Waals surface area (Å²) in [5.41, 5.74) is 0.775. The molecule has 1 N–H and O–H groups in total. The van der Waals surface area contributed by atoms with Gasteiger partial charge in [-0.2, -0.15) is 5.10 Å². The summed E-state index contributed by atoms with van der Waals surface area (Å²) >= 11 is 5.78. The quantitative estimate of drug-likeness (QED) is 0.684. The van der Waals surface area contributed by atoms with E-state index in [0.717, 1.165) is 10.9 Å². The van der Waals surface area contributed by atoms with Crippen molar-refractivity contribution in [2.75, 3.05) is 7.11 Å². The molecule has 0 saturated heterocycles. The first-order valence-electron chi connectivity index (χ1n) is 3.34. The summed E-state index contributed by atoms with van der Waals surface area (Å²) in [5.74, 6) is 0.534. The maximum atomic E-state index is 5.78. The first kappa shape index (κ1) is 7.36. The summed E-state index contributed by atoms with van der Waals surface area (Å²) in [6.45, 7) is 0. The first-order valence-corrected chi connectivity index (χ1v) is 3.72. The highest BCUT2D eigenvalue weighted by Gasteiger charge is 2.08. The fourth-order valence-corrected chi connectivity index (χ4v) is 1.27. The summed E-state index contributed by atoms with van der Waals surface area (Å²) < 4.78 is 5.05. The summed E-state index contributed by atoms with van der Waals surface area (Å²) in [6.07, 6.45) is 3.31. The number of nitrogens with one attached hydrogen (secondary N) is 1. The van der Waals surface area contributed by atoms with Crippen molar-refractivity contribution in [2.45, 2.75) is 0 Å². The number of ether oxygens (including phenoxy) is 1. The van der Waals surface area contributed by atoms with E-state index in [9.17, 15) is 0 Å². The second-order valence-electron chi connectivity index (χ2n) is 2.28. The van der Waals surface area contributed by atoms with Crippen molar-refractivity contribution >= 4 is 22.5 Å². The van der Waals surface area contributed by atoms with Crippen LogP contribution in [0.25, 0.3) is 10.9 Å². The first-order chi connectivity index (χ1) is 5.83. The van der Waals surface area contributed by atoms with Crippen LogP contribution in [0.15, 0.2) is 12.4 Å². The van der Waals surface area contributed by atoms with E-state index in [0.29, 0.717) is 10.9 Å². The number of pyridine rings is 1. The molecule has 0 aliphatic carbocycles. The van der Waals surface area contributed by atoms with Gasteiger partial charge in [-0.25, -0.2) is 4.98 Å². The van der Waals surface area contributed by atoms with Crippen LogP contribution in [0.4, 0.5) is 0 Å². The van der Waals surface area contributed by atoms with Crippen LogP contribution in [0.2, 0.25) is 5.15 Å². The molecular weight excluding hydrogens is 178 g/mol. The third kappa shape index (κ3) is 0.921. The van der Waals surface area contributed by atoms with E-state index in [1.165, 1.54) is 0 Å². The Balaban J connectivity index is 2.83. The number of rotatable bonds is 1. The lowest BCUT2D eigenvalue weighted by atomic mass is 10.3. The summed E-state index contributed by atoms with van der Waals surface area (Å²) in [7, 11) is 1.54. The molecule has 5 heteroatoms. The van der Waals surface area contributed by atoms with Crippen LogP contribution < -0.4 is 4.74 Å². The molecule has 2 aromatic heterocycles. The Bertz CT molecular complexity index is 412. The van der Waals surface area contributed by atoms with Crippen LogP contribution in [0.1, 0.15) is 0 Å².